The average molecular weight is 288 g/mol. The number of benzene rings is 1. The SMILES string of the molecule is CN=C(NCCOc1ccc(C)cc1)NCc1ccon1. The summed E-state index contributed by atoms with van der Waals surface area (Å²) in [4.78, 5) is 4.12. The summed E-state index contributed by atoms with van der Waals surface area (Å²) < 4.78 is 10.4. The molecule has 112 valence electrons. The van der Waals surface area contributed by atoms with Crippen LogP contribution in [0, 0.1) is 6.92 Å². The quantitative estimate of drug-likeness (QED) is 0.481. The largest absolute Gasteiger partial charge is 0.492 e. The van der Waals surface area contributed by atoms with Crippen LogP contribution in [0.4, 0.5) is 0 Å². The van der Waals surface area contributed by atoms with Gasteiger partial charge in [0.1, 0.15) is 24.3 Å². The van der Waals surface area contributed by atoms with Gasteiger partial charge in [-0.2, -0.15) is 0 Å². The number of aromatic nitrogens is 1. The first-order valence-electron chi connectivity index (χ1n) is 6.81. The molecule has 0 atom stereocenters. The lowest BCUT2D eigenvalue weighted by Crippen LogP contribution is -2.38. The van der Waals surface area contributed by atoms with Gasteiger partial charge in [-0.25, -0.2) is 0 Å². The molecule has 0 amide bonds. The minimum absolute atomic E-state index is 0.563. The maximum atomic E-state index is 5.63. The molecule has 6 heteroatoms. The lowest BCUT2D eigenvalue weighted by Gasteiger charge is -2.11. The number of aliphatic imine (C=N–C) groups is 1. The van der Waals surface area contributed by atoms with E-state index >= 15 is 0 Å². The lowest BCUT2D eigenvalue weighted by atomic mass is 10.2. The van der Waals surface area contributed by atoms with Crippen molar-refractivity contribution >= 4 is 5.96 Å². The van der Waals surface area contributed by atoms with Crippen LogP contribution in [0.25, 0.3) is 0 Å². The number of nitrogens with zero attached hydrogens (tertiary/aromatic N) is 2. The van der Waals surface area contributed by atoms with Gasteiger partial charge in [0.2, 0.25) is 0 Å². The Bertz CT molecular complexity index is 550. The van der Waals surface area contributed by atoms with Crippen molar-refractivity contribution in [2.75, 3.05) is 20.2 Å². The predicted octanol–water partition coefficient (Wildman–Crippen LogP) is 1.73. The third-order valence-electron chi connectivity index (χ3n) is 2.84. The van der Waals surface area contributed by atoms with Gasteiger partial charge in [-0.1, -0.05) is 22.9 Å². The van der Waals surface area contributed by atoms with E-state index < -0.39 is 0 Å². The number of nitrogens with one attached hydrogen (secondary N) is 2. The molecule has 0 spiro atoms. The Labute approximate surface area is 124 Å². The summed E-state index contributed by atoms with van der Waals surface area (Å²) >= 11 is 0. The van der Waals surface area contributed by atoms with Crippen molar-refractivity contribution in [3.63, 3.8) is 0 Å². The molecule has 1 heterocycles. The smallest absolute Gasteiger partial charge is 0.191 e. The molecule has 1 aromatic carbocycles. The van der Waals surface area contributed by atoms with E-state index in [9.17, 15) is 0 Å². The molecular weight excluding hydrogens is 268 g/mol. The zero-order chi connectivity index (χ0) is 14.9. The number of hydrogen-bond acceptors (Lipinski definition) is 4. The second-order valence-electron chi connectivity index (χ2n) is 4.50. The summed E-state index contributed by atoms with van der Waals surface area (Å²) in [6, 6.07) is 9.79. The number of rotatable bonds is 6. The van der Waals surface area contributed by atoms with Crippen LogP contribution >= 0.6 is 0 Å². The summed E-state index contributed by atoms with van der Waals surface area (Å²) in [6.45, 7) is 3.84. The highest BCUT2D eigenvalue weighted by molar-refractivity contribution is 5.79. The first kappa shape index (κ1) is 14.9. The molecule has 0 saturated heterocycles. The Morgan fingerprint density at radius 3 is 2.71 bits per heavy atom. The highest BCUT2D eigenvalue weighted by atomic mass is 16.5. The highest BCUT2D eigenvalue weighted by Gasteiger charge is 2.00. The highest BCUT2D eigenvalue weighted by Crippen LogP contribution is 2.10. The van der Waals surface area contributed by atoms with Gasteiger partial charge in [0.05, 0.1) is 13.1 Å². The first-order valence-corrected chi connectivity index (χ1v) is 6.81. The summed E-state index contributed by atoms with van der Waals surface area (Å²) in [5.41, 5.74) is 2.05. The third-order valence-corrected chi connectivity index (χ3v) is 2.84. The fraction of sp³-hybridized carbons (Fsp3) is 0.333. The molecule has 0 aliphatic rings. The van der Waals surface area contributed by atoms with E-state index in [1.165, 1.54) is 5.56 Å². The number of aryl methyl sites for hydroxylation is 1. The van der Waals surface area contributed by atoms with Gasteiger partial charge in [0.25, 0.3) is 0 Å². The molecule has 0 bridgehead atoms. The minimum Gasteiger partial charge on any atom is -0.492 e. The maximum Gasteiger partial charge on any atom is 0.191 e. The van der Waals surface area contributed by atoms with Crippen molar-refractivity contribution in [3.05, 3.63) is 47.9 Å². The fourth-order valence-corrected chi connectivity index (χ4v) is 1.70. The Morgan fingerprint density at radius 2 is 2.05 bits per heavy atom. The van der Waals surface area contributed by atoms with Crippen LogP contribution in [-0.2, 0) is 6.54 Å². The van der Waals surface area contributed by atoms with E-state index in [1.807, 2.05) is 24.3 Å². The Morgan fingerprint density at radius 1 is 1.24 bits per heavy atom. The average Bonchev–Trinajstić information content (AvgIpc) is 3.02. The first-order chi connectivity index (χ1) is 10.3. The molecule has 0 radical (unpaired) electrons. The van der Waals surface area contributed by atoms with Crippen LogP contribution in [0.3, 0.4) is 0 Å². The maximum absolute atomic E-state index is 5.63. The summed E-state index contributed by atoms with van der Waals surface area (Å²) in [6.07, 6.45) is 1.54. The van der Waals surface area contributed by atoms with Crippen molar-refractivity contribution < 1.29 is 9.26 Å². The van der Waals surface area contributed by atoms with Crippen LogP contribution < -0.4 is 15.4 Å². The Kier molecular flexibility index (Phi) is 5.63. The molecule has 0 unspecified atom stereocenters. The fourth-order valence-electron chi connectivity index (χ4n) is 1.70. The molecule has 0 aliphatic carbocycles. The van der Waals surface area contributed by atoms with Crippen molar-refractivity contribution in [3.8, 4) is 5.75 Å². The second-order valence-corrected chi connectivity index (χ2v) is 4.50. The predicted molar refractivity (Wildman–Crippen MR) is 81.4 cm³/mol. The normalized spacial score (nSPS) is 11.2. The van der Waals surface area contributed by atoms with E-state index in [4.69, 9.17) is 9.26 Å². The van der Waals surface area contributed by atoms with E-state index in [0.717, 1.165) is 11.4 Å². The van der Waals surface area contributed by atoms with E-state index in [1.54, 1.807) is 19.4 Å². The van der Waals surface area contributed by atoms with Crippen LogP contribution in [0.5, 0.6) is 5.75 Å². The lowest BCUT2D eigenvalue weighted by molar-refractivity contribution is 0.322. The van der Waals surface area contributed by atoms with Gasteiger partial charge in [-0.05, 0) is 19.1 Å². The van der Waals surface area contributed by atoms with Gasteiger partial charge >= 0.3 is 0 Å². The van der Waals surface area contributed by atoms with Gasteiger partial charge in [-0.15, -0.1) is 0 Å². The Hall–Kier alpha value is -2.50. The standard InChI is InChI=1S/C15H20N4O2/c1-12-3-5-14(6-4-12)20-10-8-17-15(16-2)18-11-13-7-9-21-19-13/h3-7,9H,8,10-11H2,1-2H3,(H2,16,17,18). The monoisotopic (exact) mass is 288 g/mol. The molecular formula is C15H20N4O2. The van der Waals surface area contributed by atoms with Gasteiger partial charge in [-0.3, -0.25) is 4.99 Å². The summed E-state index contributed by atoms with van der Waals surface area (Å²) in [5, 5.41) is 10.1. The molecule has 0 saturated carbocycles. The van der Waals surface area contributed by atoms with Crippen LogP contribution in [0.15, 0.2) is 46.1 Å². The molecule has 0 fully saturated rings. The minimum atomic E-state index is 0.563. The molecule has 2 aromatic rings. The Balaban J connectivity index is 1.65. The zero-order valence-electron chi connectivity index (χ0n) is 12.3. The molecule has 2 N–H and O–H groups in total. The van der Waals surface area contributed by atoms with E-state index in [-0.39, 0.29) is 0 Å². The topological polar surface area (TPSA) is 71.7 Å². The molecule has 0 aliphatic heterocycles. The van der Waals surface area contributed by atoms with Crippen molar-refractivity contribution in [2.24, 2.45) is 4.99 Å². The van der Waals surface area contributed by atoms with Crippen molar-refractivity contribution in [2.45, 2.75) is 13.5 Å². The zero-order valence-corrected chi connectivity index (χ0v) is 12.3. The number of hydrogen-bond donors (Lipinski definition) is 2. The van der Waals surface area contributed by atoms with E-state index in [2.05, 4.69) is 27.7 Å². The van der Waals surface area contributed by atoms with Crippen LogP contribution in [0.2, 0.25) is 0 Å². The third kappa shape index (κ3) is 5.18. The van der Waals surface area contributed by atoms with Gasteiger partial charge in [0.15, 0.2) is 5.96 Å². The molecule has 21 heavy (non-hydrogen) atoms. The van der Waals surface area contributed by atoms with Gasteiger partial charge in [0, 0.05) is 13.1 Å². The van der Waals surface area contributed by atoms with Crippen LogP contribution in [-0.4, -0.2) is 31.3 Å². The molecule has 6 nitrogen and oxygen atoms in total. The molecule has 1 aromatic heterocycles. The molecule has 2 rings (SSSR count). The van der Waals surface area contributed by atoms with Crippen molar-refractivity contribution in [1.82, 2.24) is 15.8 Å². The second kappa shape index (κ2) is 7.94. The number of guanidine groups is 1. The van der Waals surface area contributed by atoms with Gasteiger partial charge < -0.3 is 19.9 Å². The van der Waals surface area contributed by atoms with E-state index in [0.29, 0.717) is 25.7 Å². The summed E-state index contributed by atoms with van der Waals surface area (Å²) in [5.74, 6) is 1.57. The summed E-state index contributed by atoms with van der Waals surface area (Å²) in [7, 11) is 1.72. The number of ether oxygens (including phenoxy) is 1. The van der Waals surface area contributed by atoms with Crippen LogP contribution in [0.1, 0.15) is 11.3 Å². The van der Waals surface area contributed by atoms with Crippen molar-refractivity contribution in [1.29, 1.82) is 0 Å².